The molecule has 0 radical (unpaired) electrons. The number of phenolic OH excluding ortho intramolecular Hbond substituents is 1. The first-order chi connectivity index (χ1) is 23.4. The van der Waals surface area contributed by atoms with Gasteiger partial charge in [0.1, 0.15) is 11.5 Å². The molecule has 3 fully saturated rings. The number of ether oxygens (including phenoxy) is 2. The standard InChI is InChI=1S/C37H31Cl2FN2O7/c1-41-34(46)36(38)18-26-23(30(37(36,39)35(41)47)25-5-4-6-27(40)31(25)43)14-15-24-29(26)33(45)42(32(24)44)21-11-8-19(9-12-21)7-10-20-17-22(48-2)13-16-28(20)49-3/h4-14,16-17,24,26,29-30,43H,15,18H2,1-3H3. The van der Waals surface area contributed by atoms with Gasteiger partial charge in [0.15, 0.2) is 21.3 Å². The Morgan fingerprint density at radius 1 is 0.918 bits per heavy atom. The third-order valence-electron chi connectivity index (χ3n) is 10.4. The molecule has 1 saturated carbocycles. The summed E-state index contributed by atoms with van der Waals surface area (Å²) < 4.78 is 25.5. The number of anilines is 1. The Bertz CT molecular complexity index is 2000. The second-order valence-electron chi connectivity index (χ2n) is 12.7. The predicted octanol–water partition coefficient (Wildman–Crippen LogP) is 5.91. The summed E-state index contributed by atoms with van der Waals surface area (Å²) in [5.74, 6) is -6.55. The smallest absolute Gasteiger partial charge is 0.253 e. The number of fused-ring (bicyclic) bond motifs is 4. The van der Waals surface area contributed by atoms with Crippen molar-refractivity contribution in [2.45, 2.75) is 28.5 Å². The number of carbonyl (C=O) groups excluding carboxylic acids is 4. The number of allylic oxidation sites excluding steroid dienone is 2. The average molecular weight is 706 g/mol. The lowest BCUT2D eigenvalue weighted by molar-refractivity contribution is -0.138. The monoisotopic (exact) mass is 704 g/mol. The molecule has 4 aliphatic rings. The fourth-order valence-electron chi connectivity index (χ4n) is 8.00. The highest BCUT2D eigenvalue weighted by molar-refractivity contribution is 6.53. The molecule has 2 saturated heterocycles. The van der Waals surface area contributed by atoms with Crippen molar-refractivity contribution < 1.29 is 38.1 Å². The number of imide groups is 2. The lowest BCUT2D eigenvalue weighted by Crippen LogP contribution is -2.60. The van der Waals surface area contributed by atoms with E-state index in [-0.39, 0.29) is 18.4 Å². The van der Waals surface area contributed by atoms with E-state index in [1.807, 2.05) is 18.2 Å². The van der Waals surface area contributed by atoms with Crippen LogP contribution in [0.4, 0.5) is 10.1 Å². The fraction of sp³-hybridized carbons (Fsp3) is 0.297. The zero-order valence-corrected chi connectivity index (χ0v) is 28.2. The van der Waals surface area contributed by atoms with Crippen LogP contribution in [0.25, 0.3) is 12.2 Å². The molecule has 6 unspecified atom stereocenters. The summed E-state index contributed by atoms with van der Waals surface area (Å²) >= 11 is 14.2. The van der Waals surface area contributed by atoms with Crippen LogP contribution in [-0.2, 0) is 19.2 Å². The minimum Gasteiger partial charge on any atom is -0.505 e. The number of rotatable bonds is 6. The summed E-state index contributed by atoms with van der Waals surface area (Å²) in [6, 6.07) is 16.2. The van der Waals surface area contributed by atoms with Crippen molar-refractivity contribution >= 4 is 64.7 Å². The number of methoxy groups -OCH3 is 2. The molecule has 252 valence electrons. The Morgan fingerprint density at radius 2 is 1.65 bits per heavy atom. The van der Waals surface area contributed by atoms with E-state index in [1.165, 1.54) is 19.2 Å². The van der Waals surface area contributed by atoms with Gasteiger partial charge in [-0.15, -0.1) is 23.2 Å². The number of nitrogens with zero attached hydrogens (tertiary/aromatic N) is 2. The lowest BCUT2D eigenvalue weighted by Gasteiger charge is -2.50. The summed E-state index contributed by atoms with van der Waals surface area (Å²) in [6.45, 7) is 0. The summed E-state index contributed by atoms with van der Waals surface area (Å²) in [5, 5.41) is 10.9. The number of aromatic hydroxyl groups is 1. The number of likely N-dealkylation sites (tertiary alicyclic amines) is 1. The summed E-state index contributed by atoms with van der Waals surface area (Å²) in [6.07, 6.45) is 5.38. The molecule has 0 bridgehead atoms. The molecule has 49 heavy (non-hydrogen) atoms. The van der Waals surface area contributed by atoms with E-state index < -0.39 is 68.6 Å². The van der Waals surface area contributed by atoms with Gasteiger partial charge in [0.2, 0.25) is 11.8 Å². The largest absolute Gasteiger partial charge is 0.505 e. The van der Waals surface area contributed by atoms with E-state index in [1.54, 1.807) is 56.7 Å². The predicted molar refractivity (Wildman–Crippen MR) is 181 cm³/mol. The van der Waals surface area contributed by atoms with Gasteiger partial charge in [-0.25, -0.2) is 4.39 Å². The second-order valence-corrected chi connectivity index (χ2v) is 14.0. The third kappa shape index (κ3) is 4.64. The number of halogens is 3. The zero-order chi connectivity index (χ0) is 35.0. The molecular formula is C37H31Cl2FN2O7. The molecule has 3 aromatic rings. The van der Waals surface area contributed by atoms with E-state index in [4.69, 9.17) is 32.7 Å². The molecule has 7 rings (SSSR count). The fourth-order valence-corrected chi connectivity index (χ4v) is 9.01. The lowest BCUT2D eigenvalue weighted by atomic mass is 9.56. The molecule has 3 aromatic carbocycles. The van der Waals surface area contributed by atoms with Crippen molar-refractivity contribution in [1.29, 1.82) is 0 Å². The highest BCUT2D eigenvalue weighted by atomic mass is 35.5. The molecule has 0 spiro atoms. The van der Waals surface area contributed by atoms with Gasteiger partial charge in [0.05, 0.1) is 31.7 Å². The normalized spacial score (nSPS) is 29.2. The topological polar surface area (TPSA) is 113 Å². The van der Waals surface area contributed by atoms with Crippen LogP contribution in [0, 0.1) is 23.6 Å². The maximum absolute atomic E-state index is 14.7. The maximum atomic E-state index is 14.7. The molecule has 4 amide bonds. The molecule has 12 heteroatoms. The van der Waals surface area contributed by atoms with Gasteiger partial charge in [-0.05, 0) is 60.7 Å². The Kier molecular flexibility index (Phi) is 7.87. The first-order valence-corrected chi connectivity index (χ1v) is 16.4. The highest BCUT2D eigenvalue weighted by Crippen LogP contribution is 2.66. The number of phenols is 1. The number of benzene rings is 3. The number of amides is 4. The minimum atomic E-state index is -2.12. The van der Waals surface area contributed by atoms with Crippen LogP contribution in [-0.4, -0.2) is 64.7 Å². The van der Waals surface area contributed by atoms with E-state index in [0.29, 0.717) is 22.8 Å². The van der Waals surface area contributed by atoms with Gasteiger partial charge in [0, 0.05) is 24.1 Å². The van der Waals surface area contributed by atoms with E-state index >= 15 is 0 Å². The first kappa shape index (κ1) is 32.9. The quantitative estimate of drug-likeness (QED) is 0.147. The highest BCUT2D eigenvalue weighted by Gasteiger charge is 2.76. The van der Waals surface area contributed by atoms with Crippen LogP contribution in [0.2, 0.25) is 0 Å². The summed E-state index contributed by atoms with van der Waals surface area (Å²) in [4.78, 5) is 53.3. The number of alkyl halides is 2. The Labute approximate surface area is 291 Å². The molecule has 6 atom stereocenters. The maximum Gasteiger partial charge on any atom is 0.253 e. The number of carbonyl (C=O) groups is 4. The first-order valence-electron chi connectivity index (χ1n) is 15.6. The van der Waals surface area contributed by atoms with Gasteiger partial charge >= 0.3 is 0 Å². The molecule has 0 aromatic heterocycles. The van der Waals surface area contributed by atoms with Crippen molar-refractivity contribution in [2.24, 2.45) is 17.8 Å². The Morgan fingerprint density at radius 3 is 2.35 bits per heavy atom. The minimum absolute atomic E-state index is 0.0327. The van der Waals surface area contributed by atoms with Crippen molar-refractivity contribution in [3.05, 3.63) is 94.8 Å². The third-order valence-corrected chi connectivity index (χ3v) is 11.8. The van der Waals surface area contributed by atoms with Gasteiger partial charge in [-0.2, -0.15) is 0 Å². The Hall–Kier alpha value is -4.67. The second kappa shape index (κ2) is 11.7. The van der Waals surface area contributed by atoms with Crippen molar-refractivity contribution in [3.8, 4) is 17.2 Å². The van der Waals surface area contributed by atoms with Crippen LogP contribution >= 0.6 is 23.2 Å². The van der Waals surface area contributed by atoms with Crippen LogP contribution in [0.3, 0.4) is 0 Å². The van der Waals surface area contributed by atoms with Crippen LogP contribution in [0.1, 0.15) is 35.4 Å². The van der Waals surface area contributed by atoms with E-state index in [9.17, 15) is 28.7 Å². The molecule has 2 aliphatic heterocycles. The SMILES string of the molecule is COc1ccc(OC)c(C=Cc2ccc(N3C(=O)C4CC=C5C(CC6(Cl)C(=O)N(C)C(=O)C6(Cl)C5c5cccc(F)c5O)C4C3=O)cc2)c1. The van der Waals surface area contributed by atoms with Crippen LogP contribution < -0.4 is 14.4 Å². The number of hydrogen-bond donors (Lipinski definition) is 1. The van der Waals surface area contributed by atoms with E-state index in [0.717, 1.165) is 27.0 Å². The average Bonchev–Trinajstić information content (AvgIpc) is 3.43. The Balaban J connectivity index is 1.23. The number of para-hydroxylation sites is 1. The molecule has 2 heterocycles. The number of hydrogen-bond acceptors (Lipinski definition) is 7. The van der Waals surface area contributed by atoms with Crippen LogP contribution in [0.15, 0.2) is 72.3 Å². The summed E-state index contributed by atoms with van der Waals surface area (Å²) in [7, 11) is 4.42. The van der Waals surface area contributed by atoms with Gasteiger partial charge < -0.3 is 14.6 Å². The molecule has 9 nitrogen and oxygen atoms in total. The zero-order valence-electron chi connectivity index (χ0n) is 26.7. The van der Waals surface area contributed by atoms with Crippen molar-refractivity contribution in [1.82, 2.24) is 4.90 Å². The molecule has 1 N–H and O–H groups in total. The van der Waals surface area contributed by atoms with Gasteiger partial charge in [-0.3, -0.25) is 29.0 Å². The van der Waals surface area contributed by atoms with Crippen molar-refractivity contribution in [2.75, 3.05) is 26.2 Å². The van der Waals surface area contributed by atoms with E-state index in [2.05, 4.69) is 0 Å². The summed E-state index contributed by atoms with van der Waals surface area (Å²) in [5.41, 5.74) is 2.40. The molecular weight excluding hydrogens is 674 g/mol. The van der Waals surface area contributed by atoms with Gasteiger partial charge in [-0.1, -0.05) is 48.1 Å². The molecule has 2 aliphatic carbocycles. The van der Waals surface area contributed by atoms with Gasteiger partial charge in [0.25, 0.3) is 11.8 Å². The van der Waals surface area contributed by atoms with Crippen LogP contribution in [0.5, 0.6) is 17.2 Å². The van der Waals surface area contributed by atoms with Crippen molar-refractivity contribution in [3.63, 3.8) is 0 Å².